The maximum Gasteiger partial charge on any atom is 0.417 e. The summed E-state index contributed by atoms with van der Waals surface area (Å²) in [5.74, 6) is -1.02. The van der Waals surface area contributed by atoms with Gasteiger partial charge in [-0.05, 0) is 46.5 Å². The van der Waals surface area contributed by atoms with E-state index in [1.54, 1.807) is 19.1 Å². The largest absolute Gasteiger partial charge is 0.481 e. The second-order valence-electron chi connectivity index (χ2n) is 7.45. The van der Waals surface area contributed by atoms with Gasteiger partial charge in [-0.2, -0.15) is 18.2 Å². The molecular weight excluding hydrogens is 493 g/mol. The second-order valence-corrected chi connectivity index (χ2v) is 8.30. The quantitative estimate of drug-likeness (QED) is 0.387. The van der Waals surface area contributed by atoms with Gasteiger partial charge in [0, 0.05) is 18.0 Å². The molecule has 0 aliphatic carbocycles. The van der Waals surface area contributed by atoms with Crippen molar-refractivity contribution in [2.75, 3.05) is 0 Å². The number of aryl methyl sites for hydroxylation is 1. The van der Waals surface area contributed by atoms with Crippen LogP contribution in [0.5, 0.6) is 0 Å². The van der Waals surface area contributed by atoms with Crippen molar-refractivity contribution < 1.29 is 27.6 Å². The van der Waals surface area contributed by atoms with Crippen molar-refractivity contribution in [1.29, 1.82) is 0 Å². The highest BCUT2D eigenvalue weighted by Crippen LogP contribution is 2.33. The predicted octanol–water partition coefficient (Wildman–Crippen LogP) is 5.40. The molecule has 0 saturated carbocycles. The maximum atomic E-state index is 13.1. The third kappa shape index (κ3) is 4.24. The van der Waals surface area contributed by atoms with Gasteiger partial charge in [-0.15, -0.1) is 0 Å². The third-order valence-corrected chi connectivity index (χ3v) is 5.56. The first-order valence-corrected chi connectivity index (χ1v) is 10.2. The molecule has 3 heterocycles. The molecule has 0 spiro atoms. The topological polar surface area (TPSA) is 93.5 Å². The number of nitrogens with zero attached hydrogens (tertiary/aromatic N) is 4. The lowest BCUT2D eigenvalue weighted by Crippen LogP contribution is -2.12. The molecule has 7 nitrogen and oxygen atoms in total. The summed E-state index contributed by atoms with van der Waals surface area (Å²) < 4.78 is 45.9. The molecule has 0 radical (unpaired) electrons. The van der Waals surface area contributed by atoms with E-state index in [-0.39, 0.29) is 21.7 Å². The number of carboxylic acid groups (broad SMARTS) is 1. The number of carbonyl (C=O) groups is 1. The number of benzene rings is 1. The fourth-order valence-corrected chi connectivity index (χ4v) is 3.84. The molecule has 1 unspecified atom stereocenters. The molecule has 1 N–H and O–H groups in total. The first-order chi connectivity index (χ1) is 15.0. The van der Waals surface area contributed by atoms with Gasteiger partial charge in [-0.3, -0.25) is 4.79 Å². The summed E-state index contributed by atoms with van der Waals surface area (Å²) in [5.41, 5.74) is 2.08. The molecule has 1 atom stereocenters. The Morgan fingerprint density at radius 3 is 2.66 bits per heavy atom. The smallest absolute Gasteiger partial charge is 0.417 e. The van der Waals surface area contributed by atoms with Crippen LogP contribution in [0.3, 0.4) is 0 Å². The van der Waals surface area contributed by atoms with E-state index in [2.05, 4.69) is 31.1 Å². The van der Waals surface area contributed by atoms with Crippen molar-refractivity contribution in [3.8, 4) is 23.0 Å². The van der Waals surface area contributed by atoms with Gasteiger partial charge in [-0.25, -0.2) is 4.98 Å². The summed E-state index contributed by atoms with van der Waals surface area (Å²) >= 11 is 3.12. The Bertz CT molecular complexity index is 1330. The Kier molecular flexibility index (Phi) is 5.53. The van der Waals surface area contributed by atoms with E-state index in [0.717, 1.165) is 23.4 Å². The fourth-order valence-electron chi connectivity index (χ4n) is 3.30. The zero-order valence-corrected chi connectivity index (χ0v) is 18.4. The zero-order valence-electron chi connectivity index (χ0n) is 16.8. The van der Waals surface area contributed by atoms with Gasteiger partial charge in [0.2, 0.25) is 5.82 Å². The summed E-state index contributed by atoms with van der Waals surface area (Å²) in [7, 11) is 0. The zero-order chi connectivity index (χ0) is 23.2. The van der Waals surface area contributed by atoms with E-state index in [9.17, 15) is 18.0 Å². The Morgan fingerprint density at radius 1 is 1.25 bits per heavy atom. The molecule has 0 aliphatic rings. The standard InChI is InChI=1S/C21H16BrF3N4O3/c1-10-5-12(6-11(2)20(30)31)3-4-14(10)17-27-19(32-28-17)16-9-29-8-13(21(23,24)25)7-15(22)18(29)26-16/h3-5,7-9,11H,6H2,1-2H3,(H,30,31). The van der Waals surface area contributed by atoms with Crippen LogP contribution in [0.15, 0.2) is 45.7 Å². The van der Waals surface area contributed by atoms with Crippen LogP contribution in [-0.2, 0) is 17.4 Å². The average molecular weight is 509 g/mol. The number of hydrogen-bond acceptors (Lipinski definition) is 5. The number of alkyl halides is 3. The van der Waals surface area contributed by atoms with Crippen LogP contribution >= 0.6 is 15.9 Å². The van der Waals surface area contributed by atoms with Crippen molar-refractivity contribution in [2.45, 2.75) is 26.4 Å². The average Bonchev–Trinajstić information content (AvgIpc) is 3.34. The summed E-state index contributed by atoms with van der Waals surface area (Å²) in [6.07, 6.45) is -1.78. The van der Waals surface area contributed by atoms with Gasteiger partial charge in [0.25, 0.3) is 5.89 Å². The number of rotatable bonds is 5. The lowest BCUT2D eigenvalue weighted by Gasteiger charge is -2.08. The SMILES string of the molecule is Cc1cc(CC(C)C(=O)O)ccc1-c1noc(-c2cn3cc(C(F)(F)F)cc(Br)c3n2)n1. The first kappa shape index (κ1) is 22.0. The molecule has 1 aromatic carbocycles. The molecule has 4 aromatic rings. The predicted molar refractivity (Wildman–Crippen MR) is 112 cm³/mol. The van der Waals surface area contributed by atoms with E-state index in [0.29, 0.717) is 17.8 Å². The molecule has 0 aliphatic heterocycles. The normalized spacial score (nSPS) is 12.9. The van der Waals surface area contributed by atoms with Gasteiger partial charge in [0.15, 0.2) is 5.65 Å². The monoisotopic (exact) mass is 508 g/mol. The number of fused-ring (bicyclic) bond motifs is 1. The van der Waals surface area contributed by atoms with Gasteiger partial charge in [0.05, 0.1) is 16.0 Å². The number of pyridine rings is 1. The Balaban J connectivity index is 1.65. The van der Waals surface area contributed by atoms with Crippen LogP contribution < -0.4 is 0 Å². The molecule has 0 bridgehead atoms. The summed E-state index contributed by atoms with van der Waals surface area (Å²) in [6, 6.07) is 6.41. The number of imidazole rings is 1. The molecule has 3 aromatic heterocycles. The van der Waals surface area contributed by atoms with E-state index in [1.165, 1.54) is 10.6 Å². The van der Waals surface area contributed by atoms with Gasteiger partial charge >= 0.3 is 12.1 Å². The molecule has 0 saturated heterocycles. The molecule has 0 amide bonds. The van der Waals surface area contributed by atoms with Crippen molar-refractivity contribution >= 4 is 27.5 Å². The molecule has 166 valence electrons. The minimum absolute atomic E-state index is 0.0622. The van der Waals surface area contributed by atoms with Crippen LogP contribution in [0.4, 0.5) is 13.2 Å². The lowest BCUT2D eigenvalue weighted by molar-refractivity contribution is -0.141. The number of hydrogen-bond donors (Lipinski definition) is 1. The number of halogens is 4. The van der Waals surface area contributed by atoms with Crippen molar-refractivity contribution in [1.82, 2.24) is 19.5 Å². The summed E-state index contributed by atoms with van der Waals surface area (Å²) in [5, 5.41) is 13.1. The number of aromatic nitrogens is 4. The fraction of sp³-hybridized carbons (Fsp3) is 0.238. The minimum atomic E-state index is -4.50. The van der Waals surface area contributed by atoms with Crippen LogP contribution in [0.1, 0.15) is 23.6 Å². The highest BCUT2D eigenvalue weighted by atomic mass is 79.9. The number of carboxylic acids is 1. The Labute approximate surface area is 188 Å². The number of aliphatic carboxylic acids is 1. The Hall–Kier alpha value is -3.21. The van der Waals surface area contributed by atoms with Crippen molar-refractivity contribution in [3.63, 3.8) is 0 Å². The third-order valence-electron chi connectivity index (χ3n) is 4.97. The van der Waals surface area contributed by atoms with Gasteiger partial charge < -0.3 is 14.0 Å². The molecule has 32 heavy (non-hydrogen) atoms. The van der Waals surface area contributed by atoms with Crippen LogP contribution in [0.25, 0.3) is 28.6 Å². The summed E-state index contributed by atoms with van der Waals surface area (Å²) in [6.45, 7) is 3.49. The van der Waals surface area contributed by atoms with E-state index in [4.69, 9.17) is 9.63 Å². The van der Waals surface area contributed by atoms with Gasteiger partial charge in [-0.1, -0.05) is 30.3 Å². The molecular formula is C21H16BrF3N4O3. The van der Waals surface area contributed by atoms with E-state index in [1.807, 2.05) is 13.0 Å². The van der Waals surface area contributed by atoms with Crippen LogP contribution in [-0.4, -0.2) is 30.6 Å². The highest BCUT2D eigenvalue weighted by molar-refractivity contribution is 9.10. The Morgan fingerprint density at radius 2 is 2.00 bits per heavy atom. The molecule has 4 rings (SSSR count). The lowest BCUT2D eigenvalue weighted by atomic mass is 9.97. The minimum Gasteiger partial charge on any atom is -0.481 e. The maximum absolute atomic E-state index is 13.1. The summed E-state index contributed by atoms with van der Waals surface area (Å²) in [4.78, 5) is 19.7. The van der Waals surface area contributed by atoms with Crippen molar-refractivity contribution in [3.05, 3.63) is 57.8 Å². The van der Waals surface area contributed by atoms with Crippen LogP contribution in [0.2, 0.25) is 0 Å². The van der Waals surface area contributed by atoms with Crippen LogP contribution in [0, 0.1) is 12.8 Å². The molecule has 0 fully saturated rings. The second kappa shape index (κ2) is 8.05. The first-order valence-electron chi connectivity index (χ1n) is 9.45. The van der Waals surface area contributed by atoms with Gasteiger partial charge in [0.1, 0.15) is 5.69 Å². The molecule has 11 heteroatoms. The van der Waals surface area contributed by atoms with Crippen molar-refractivity contribution in [2.24, 2.45) is 5.92 Å². The van der Waals surface area contributed by atoms with E-state index < -0.39 is 23.6 Å². The van der Waals surface area contributed by atoms with E-state index >= 15 is 0 Å². The highest BCUT2D eigenvalue weighted by Gasteiger charge is 2.32.